The van der Waals surface area contributed by atoms with Gasteiger partial charge in [-0.25, -0.2) is 9.37 Å². The third-order valence-corrected chi connectivity index (χ3v) is 6.18. The van der Waals surface area contributed by atoms with E-state index in [4.69, 9.17) is 14.6 Å². The molecule has 0 aliphatic carbocycles. The zero-order valence-corrected chi connectivity index (χ0v) is 18.8. The number of fused-ring (bicyclic) bond motifs is 2. The molecule has 176 valence electrons. The van der Waals surface area contributed by atoms with E-state index < -0.39 is 5.97 Å². The van der Waals surface area contributed by atoms with Crippen LogP contribution in [0, 0.1) is 5.82 Å². The summed E-state index contributed by atoms with van der Waals surface area (Å²) < 4.78 is 25.3. The van der Waals surface area contributed by atoms with E-state index in [9.17, 15) is 9.18 Å². The summed E-state index contributed by atoms with van der Waals surface area (Å²) in [6.07, 6.45) is 2.18. The maximum atomic E-state index is 13.4. The van der Waals surface area contributed by atoms with E-state index in [0.29, 0.717) is 19.0 Å². The first-order chi connectivity index (χ1) is 16.5. The molecule has 0 radical (unpaired) electrons. The van der Waals surface area contributed by atoms with Crippen LogP contribution in [-0.4, -0.2) is 35.8 Å². The number of benzene rings is 2. The minimum absolute atomic E-state index is 0.0591. The van der Waals surface area contributed by atoms with Crippen molar-refractivity contribution in [1.29, 1.82) is 0 Å². The molecule has 1 aromatic heterocycles. The first-order valence-electron chi connectivity index (χ1n) is 11.4. The van der Waals surface area contributed by atoms with E-state index in [1.165, 1.54) is 12.3 Å². The second kappa shape index (κ2) is 9.21. The van der Waals surface area contributed by atoms with E-state index in [-0.39, 0.29) is 24.2 Å². The number of hydrogen-bond acceptors (Lipinski definition) is 6. The summed E-state index contributed by atoms with van der Waals surface area (Å²) in [5, 5.41) is 12.6. The number of para-hydroxylation sites is 1. The van der Waals surface area contributed by atoms with E-state index in [2.05, 4.69) is 17.2 Å². The Balaban J connectivity index is 1.39. The van der Waals surface area contributed by atoms with Crippen molar-refractivity contribution in [2.45, 2.75) is 31.7 Å². The van der Waals surface area contributed by atoms with Gasteiger partial charge >= 0.3 is 5.97 Å². The van der Waals surface area contributed by atoms with Gasteiger partial charge in [0.15, 0.2) is 0 Å². The summed E-state index contributed by atoms with van der Waals surface area (Å²) in [4.78, 5) is 17.4. The molecule has 2 atom stereocenters. The minimum Gasteiger partial charge on any atom is -0.493 e. The number of anilines is 3. The van der Waals surface area contributed by atoms with E-state index in [1.807, 2.05) is 41.3 Å². The van der Waals surface area contributed by atoms with Crippen LogP contribution in [0.5, 0.6) is 11.5 Å². The van der Waals surface area contributed by atoms with Gasteiger partial charge in [-0.15, -0.1) is 0 Å². The third kappa shape index (κ3) is 4.23. The number of aliphatic carboxylic acids is 1. The van der Waals surface area contributed by atoms with Crippen LogP contribution in [0.15, 0.2) is 54.7 Å². The van der Waals surface area contributed by atoms with Gasteiger partial charge in [0.05, 0.1) is 31.0 Å². The Morgan fingerprint density at radius 2 is 2.06 bits per heavy atom. The van der Waals surface area contributed by atoms with Crippen LogP contribution < -0.4 is 19.7 Å². The van der Waals surface area contributed by atoms with Crippen LogP contribution in [0.4, 0.5) is 21.6 Å². The number of ether oxygens (including phenoxy) is 2. The maximum Gasteiger partial charge on any atom is 0.304 e. The zero-order chi connectivity index (χ0) is 23.7. The molecule has 2 N–H and O–H groups in total. The van der Waals surface area contributed by atoms with Gasteiger partial charge in [0.1, 0.15) is 29.7 Å². The summed E-state index contributed by atoms with van der Waals surface area (Å²) in [5.41, 5.74) is 3.75. The molecule has 0 fully saturated rings. The molecule has 34 heavy (non-hydrogen) atoms. The zero-order valence-electron chi connectivity index (χ0n) is 18.8. The van der Waals surface area contributed by atoms with Crippen LogP contribution in [0.1, 0.15) is 42.9 Å². The molecule has 2 unspecified atom stereocenters. The fourth-order valence-corrected chi connectivity index (χ4v) is 4.62. The Morgan fingerprint density at radius 1 is 1.18 bits per heavy atom. The van der Waals surface area contributed by atoms with E-state index in [1.54, 1.807) is 6.07 Å². The number of aromatic nitrogens is 1. The lowest BCUT2D eigenvalue weighted by Gasteiger charge is -2.25. The second-order valence-electron chi connectivity index (χ2n) is 8.55. The largest absolute Gasteiger partial charge is 0.493 e. The van der Waals surface area contributed by atoms with Crippen LogP contribution in [0.3, 0.4) is 0 Å². The third-order valence-electron chi connectivity index (χ3n) is 6.18. The number of pyridine rings is 1. The number of halogens is 1. The predicted octanol–water partition coefficient (Wildman–Crippen LogP) is 5.27. The lowest BCUT2D eigenvalue weighted by Crippen LogP contribution is -2.19. The number of nitrogens with zero attached hydrogens (tertiary/aromatic N) is 2. The van der Waals surface area contributed by atoms with Crippen LogP contribution in [0.25, 0.3) is 0 Å². The molecule has 5 rings (SSSR count). The van der Waals surface area contributed by atoms with Crippen molar-refractivity contribution in [3.8, 4) is 11.5 Å². The topological polar surface area (TPSA) is 83.9 Å². The molecule has 2 aromatic carbocycles. The first kappa shape index (κ1) is 22.0. The highest BCUT2D eigenvalue weighted by molar-refractivity contribution is 5.72. The Hall–Kier alpha value is -3.81. The number of carboxylic acid groups (broad SMARTS) is 1. The molecule has 3 aromatic rings. The number of nitrogens with one attached hydrogen (secondary N) is 1. The number of carboxylic acids is 1. The number of rotatable bonds is 8. The minimum atomic E-state index is -0.827. The highest BCUT2D eigenvalue weighted by Gasteiger charge is 2.30. The highest BCUT2D eigenvalue weighted by Crippen LogP contribution is 2.44. The quantitative estimate of drug-likeness (QED) is 0.471. The first-order valence-corrected chi connectivity index (χ1v) is 11.4. The monoisotopic (exact) mass is 463 g/mol. The lowest BCUT2D eigenvalue weighted by molar-refractivity contribution is -0.137. The fraction of sp³-hybridized carbons (Fsp3) is 0.308. The van der Waals surface area contributed by atoms with Crippen LogP contribution in [0.2, 0.25) is 0 Å². The molecule has 7 nitrogen and oxygen atoms in total. The molecule has 8 heteroatoms. The molecule has 0 amide bonds. The number of carbonyl (C=O) groups is 1. The summed E-state index contributed by atoms with van der Waals surface area (Å²) in [6.45, 7) is 3.65. The molecule has 0 bridgehead atoms. The van der Waals surface area contributed by atoms with E-state index >= 15 is 0 Å². The fourth-order valence-electron chi connectivity index (χ4n) is 4.62. The highest BCUT2D eigenvalue weighted by atomic mass is 19.1. The van der Waals surface area contributed by atoms with Gasteiger partial charge in [0.2, 0.25) is 0 Å². The number of hydrogen-bond donors (Lipinski definition) is 2. The SMILES string of the molecule is CCCN(c1ccc(F)cn1)c1cccc2c1OCC2Nc1ccc2c(c1)OCC2CC(=O)O. The van der Waals surface area contributed by atoms with Gasteiger partial charge in [0.25, 0.3) is 0 Å². The smallest absolute Gasteiger partial charge is 0.304 e. The van der Waals surface area contributed by atoms with Gasteiger partial charge in [-0.1, -0.05) is 25.1 Å². The van der Waals surface area contributed by atoms with Gasteiger partial charge < -0.3 is 24.8 Å². The lowest BCUT2D eigenvalue weighted by atomic mass is 9.97. The van der Waals surface area contributed by atoms with Crippen molar-refractivity contribution >= 4 is 23.2 Å². The molecule has 2 aliphatic rings. The molecular formula is C26H26FN3O4. The average Bonchev–Trinajstić information content (AvgIpc) is 3.42. The summed E-state index contributed by atoms with van der Waals surface area (Å²) in [7, 11) is 0. The van der Waals surface area contributed by atoms with Crippen molar-refractivity contribution in [3.63, 3.8) is 0 Å². The van der Waals surface area contributed by atoms with Crippen molar-refractivity contribution in [3.05, 3.63) is 71.7 Å². The molecule has 2 aliphatic heterocycles. The Kier molecular flexibility index (Phi) is 5.96. The Morgan fingerprint density at radius 3 is 2.82 bits per heavy atom. The molecule has 3 heterocycles. The normalized spacial score (nSPS) is 17.9. The van der Waals surface area contributed by atoms with Crippen molar-refractivity contribution in [2.24, 2.45) is 0 Å². The van der Waals surface area contributed by atoms with E-state index in [0.717, 1.165) is 47.0 Å². The summed E-state index contributed by atoms with van der Waals surface area (Å²) >= 11 is 0. The van der Waals surface area contributed by atoms with Gasteiger partial charge in [-0.2, -0.15) is 0 Å². The molecule has 0 saturated heterocycles. The van der Waals surface area contributed by atoms with Crippen molar-refractivity contribution in [2.75, 3.05) is 30.0 Å². The standard InChI is InChI=1S/C26H26FN3O4/c1-2-10-30(24-9-6-17(27)13-28-24)22-5-3-4-20-21(15-34-26(20)22)29-18-7-8-19-16(11-25(31)32)14-33-23(19)12-18/h3-9,12-13,16,21,29H,2,10-11,14-15H2,1H3,(H,31,32). The van der Waals surface area contributed by atoms with Crippen molar-refractivity contribution < 1.29 is 23.8 Å². The van der Waals surface area contributed by atoms with Crippen molar-refractivity contribution in [1.82, 2.24) is 4.98 Å². The Labute approximate surface area is 197 Å². The average molecular weight is 464 g/mol. The van der Waals surface area contributed by atoms with Gasteiger partial charge in [0, 0.05) is 35.3 Å². The predicted molar refractivity (Wildman–Crippen MR) is 127 cm³/mol. The molecule has 0 saturated carbocycles. The second-order valence-corrected chi connectivity index (χ2v) is 8.55. The van der Waals surface area contributed by atoms with Crippen LogP contribution in [-0.2, 0) is 4.79 Å². The summed E-state index contributed by atoms with van der Waals surface area (Å²) in [6, 6.07) is 14.9. The van der Waals surface area contributed by atoms with Gasteiger partial charge in [-0.3, -0.25) is 4.79 Å². The molecule has 0 spiro atoms. The van der Waals surface area contributed by atoms with Gasteiger partial charge in [-0.05, 0) is 30.7 Å². The summed E-state index contributed by atoms with van der Waals surface area (Å²) in [5.74, 6) is 0.866. The molecular weight excluding hydrogens is 437 g/mol. The van der Waals surface area contributed by atoms with Crippen LogP contribution >= 0.6 is 0 Å². The Bertz CT molecular complexity index is 1200. The maximum absolute atomic E-state index is 13.4.